The Balaban J connectivity index is 3.05. The molecule has 4 nitrogen and oxygen atoms in total. The van der Waals surface area contributed by atoms with Crippen LogP contribution in [0.3, 0.4) is 0 Å². The Morgan fingerprint density at radius 1 is 1.13 bits per heavy atom. The van der Waals surface area contributed by atoms with Crippen molar-refractivity contribution < 1.29 is 14.6 Å². The van der Waals surface area contributed by atoms with Gasteiger partial charge in [0.15, 0.2) is 0 Å². The summed E-state index contributed by atoms with van der Waals surface area (Å²) >= 11 is 0. The summed E-state index contributed by atoms with van der Waals surface area (Å²) in [7, 11) is 1.67. The molecule has 0 aliphatic carbocycles. The van der Waals surface area contributed by atoms with Gasteiger partial charge >= 0.3 is 0 Å². The monoisotopic (exact) mass is 219 g/mol. The Bertz CT molecular complexity index is 131. The topological polar surface area (TPSA) is 50.7 Å². The standard InChI is InChI=1S/C11H25NO3/c1-10(11(2)13)12-6-4-5-7-15-9-8-14-3/h10-13H,4-9H2,1-3H3. The number of nitrogens with one attached hydrogen (secondary N) is 1. The average molecular weight is 219 g/mol. The fourth-order valence-electron chi connectivity index (χ4n) is 1.07. The maximum Gasteiger partial charge on any atom is 0.0700 e. The van der Waals surface area contributed by atoms with Gasteiger partial charge in [-0.2, -0.15) is 0 Å². The first-order valence-corrected chi connectivity index (χ1v) is 5.66. The van der Waals surface area contributed by atoms with Gasteiger partial charge in [0.05, 0.1) is 19.3 Å². The molecule has 0 aromatic carbocycles. The van der Waals surface area contributed by atoms with E-state index in [1.165, 1.54) is 0 Å². The van der Waals surface area contributed by atoms with Crippen LogP contribution in [0.15, 0.2) is 0 Å². The highest BCUT2D eigenvalue weighted by Gasteiger charge is 2.05. The maximum absolute atomic E-state index is 9.22. The molecule has 0 bridgehead atoms. The van der Waals surface area contributed by atoms with Gasteiger partial charge < -0.3 is 19.9 Å². The highest BCUT2D eigenvalue weighted by atomic mass is 16.5. The molecule has 0 saturated carbocycles. The second kappa shape index (κ2) is 10.4. The van der Waals surface area contributed by atoms with Gasteiger partial charge in [-0.15, -0.1) is 0 Å². The van der Waals surface area contributed by atoms with Crippen LogP contribution in [-0.2, 0) is 9.47 Å². The van der Waals surface area contributed by atoms with Gasteiger partial charge in [0.1, 0.15) is 0 Å². The summed E-state index contributed by atoms with van der Waals surface area (Å²) in [6.45, 7) is 6.84. The van der Waals surface area contributed by atoms with E-state index in [0.29, 0.717) is 13.2 Å². The molecule has 0 aliphatic rings. The van der Waals surface area contributed by atoms with Crippen LogP contribution in [-0.4, -0.2) is 50.7 Å². The van der Waals surface area contributed by atoms with Crippen molar-refractivity contribution in [2.75, 3.05) is 33.5 Å². The van der Waals surface area contributed by atoms with Crippen LogP contribution in [0.5, 0.6) is 0 Å². The quantitative estimate of drug-likeness (QED) is 0.533. The minimum absolute atomic E-state index is 0.166. The molecule has 2 unspecified atom stereocenters. The first kappa shape index (κ1) is 14.8. The summed E-state index contributed by atoms with van der Waals surface area (Å²) < 4.78 is 10.2. The van der Waals surface area contributed by atoms with Crippen molar-refractivity contribution in [1.29, 1.82) is 0 Å². The summed E-state index contributed by atoms with van der Waals surface area (Å²) in [5.74, 6) is 0. The number of rotatable bonds is 10. The smallest absolute Gasteiger partial charge is 0.0700 e. The second-order valence-electron chi connectivity index (χ2n) is 3.80. The summed E-state index contributed by atoms with van der Waals surface area (Å²) in [6.07, 6.45) is 1.83. The van der Waals surface area contributed by atoms with E-state index < -0.39 is 0 Å². The molecule has 0 fully saturated rings. The van der Waals surface area contributed by atoms with Gasteiger partial charge in [-0.1, -0.05) is 0 Å². The van der Waals surface area contributed by atoms with Crippen molar-refractivity contribution in [3.8, 4) is 0 Å². The van der Waals surface area contributed by atoms with E-state index in [2.05, 4.69) is 5.32 Å². The first-order chi connectivity index (χ1) is 7.18. The molecule has 4 heteroatoms. The van der Waals surface area contributed by atoms with Crippen molar-refractivity contribution in [1.82, 2.24) is 5.32 Å². The Morgan fingerprint density at radius 2 is 1.87 bits per heavy atom. The molecule has 0 rings (SSSR count). The van der Waals surface area contributed by atoms with Crippen LogP contribution in [0, 0.1) is 0 Å². The molecular weight excluding hydrogens is 194 g/mol. The normalized spacial score (nSPS) is 15.2. The van der Waals surface area contributed by atoms with Crippen LogP contribution in [0.1, 0.15) is 26.7 Å². The van der Waals surface area contributed by atoms with E-state index in [0.717, 1.165) is 26.0 Å². The van der Waals surface area contributed by atoms with E-state index in [1.54, 1.807) is 14.0 Å². The lowest BCUT2D eigenvalue weighted by Gasteiger charge is -2.16. The van der Waals surface area contributed by atoms with E-state index in [1.807, 2.05) is 6.92 Å². The van der Waals surface area contributed by atoms with Gasteiger partial charge in [0, 0.05) is 19.8 Å². The van der Waals surface area contributed by atoms with Gasteiger partial charge in [0.2, 0.25) is 0 Å². The van der Waals surface area contributed by atoms with Crippen molar-refractivity contribution in [2.45, 2.75) is 38.8 Å². The molecule has 0 saturated heterocycles. The van der Waals surface area contributed by atoms with Crippen LogP contribution in [0.2, 0.25) is 0 Å². The number of hydrogen-bond donors (Lipinski definition) is 2. The largest absolute Gasteiger partial charge is 0.392 e. The highest BCUT2D eigenvalue weighted by molar-refractivity contribution is 4.65. The Morgan fingerprint density at radius 3 is 2.47 bits per heavy atom. The molecule has 2 atom stereocenters. The van der Waals surface area contributed by atoms with Gasteiger partial charge in [-0.3, -0.25) is 0 Å². The minimum Gasteiger partial charge on any atom is -0.392 e. The van der Waals surface area contributed by atoms with E-state index in [-0.39, 0.29) is 12.1 Å². The molecule has 0 aliphatic heterocycles. The molecule has 15 heavy (non-hydrogen) atoms. The molecule has 0 radical (unpaired) electrons. The molecule has 0 heterocycles. The van der Waals surface area contributed by atoms with Crippen molar-refractivity contribution >= 4 is 0 Å². The lowest BCUT2D eigenvalue weighted by Crippen LogP contribution is -2.36. The molecule has 0 aromatic rings. The molecule has 2 N–H and O–H groups in total. The zero-order valence-electron chi connectivity index (χ0n) is 10.2. The van der Waals surface area contributed by atoms with E-state index >= 15 is 0 Å². The summed E-state index contributed by atoms with van der Waals surface area (Å²) in [5.41, 5.74) is 0. The van der Waals surface area contributed by atoms with Crippen LogP contribution in [0.4, 0.5) is 0 Å². The Labute approximate surface area is 93.0 Å². The zero-order valence-corrected chi connectivity index (χ0v) is 10.2. The van der Waals surface area contributed by atoms with Gasteiger partial charge in [0.25, 0.3) is 0 Å². The third kappa shape index (κ3) is 10.1. The van der Waals surface area contributed by atoms with Gasteiger partial charge in [-0.25, -0.2) is 0 Å². The molecule has 0 spiro atoms. The second-order valence-corrected chi connectivity index (χ2v) is 3.80. The lowest BCUT2D eigenvalue weighted by atomic mass is 10.2. The lowest BCUT2D eigenvalue weighted by molar-refractivity contribution is 0.0685. The van der Waals surface area contributed by atoms with Gasteiger partial charge in [-0.05, 0) is 33.2 Å². The van der Waals surface area contributed by atoms with E-state index in [9.17, 15) is 5.11 Å². The minimum atomic E-state index is -0.289. The molecule has 92 valence electrons. The fourth-order valence-corrected chi connectivity index (χ4v) is 1.07. The van der Waals surface area contributed by atoms with Crippen molar-refractivity contribution in [3.05, 3.63) is 0 Å². The SMILES string of the molecule is COCCOCCCCNC(C)C(C)O. The average Bonchev–Trinajstić information content (AvgIpc) is 2.21. The van der Waals surface area contributed by atoms with E-state index in [4.69, 9.17) is 9.47 Å². The maximum atomic E-state index is 9.22. The number of unbranched alkanes of at least 4 members (excludes halogenated alkanes) is 1. The summed E-state index contributed by atoms with van der Waals surface area (Å²) in [5, 5.41) is 12.5. The number of ether oxygens (including phenoxy) is 2. The predicted molar refractivity (Wildman–Crippen MR) is 61.1 cm³/mol. The molecular formula is C11H25NO3. The van der Waals surface area contributed by atoms with Crippen LogP contribution in [0.25, 0.3) is 0 Å². The zero-order chi connectivity index (χ0) is 11.5. The molecule has 0 aromatic heterocycles. The Hall–Kier alpha value is -0.160. The number of aliphatic hydroxyl groups excluding tert-OH is 1. The molecule has 0 amide bonds. The van der Waals surface area contributed by atoms with Crippen LogP contribution >= 0.6 is 0 Å². The number of methoxy groups -OCH3 is 1. The first-order valence-electron chi connectivity index (χ1n) is 5.66. The summed E-state index contributed by atoms with van der Waals surface area (Å²) in [6, 6.07) is 0.166. The number of hydrogen-bond acceptors (Lipinski definition) is 4. The Kier molecular flexibility index (Phi) is 10.3. The third-order valence-corrected chi connectivity index (χ3v) is 2.34. The number of aliphatic hydroxyl groups is 1. The van der Waals surface area contributed by atoms with Crippen molar-refractivity contribution in [3.63, 3.8) is 0 Å². The van der Waals surface area contributed by atoms with Crippen molar-refractivity contribution in [2.24, 2.45) is 0 Å². The van der Waals surface area contributed by atoms with Crippen LogP contribution < -0.4 is 5.32 Å². The highest BCUT2D eigenvalue weighted by Crippen LogP contribution is 1.93. The third-order valence-electron chi connectivity index (χ3n) is 2.34. The fraction of sp³-hybridized carbons (Fsp3) is 1.00. The predicted octanol–water partition coefficient (Wildman–Crippen LogP) is 0.789. The summed E-state index contributed by atoms with van der Waals surface area (Å²) in [4.78, 5) is 0.